The minimum Gasteiger partial charge on any atom is -0.383 e. The Bertz CT molecular complexity index is 1090. The van der Waals surface area contributed by atoms with Crippen molar-refractivity contribution < 1.29 is 9.53 Å². The van der Waals surface area contributed by atoms with Crippen molar-refractivity contribution in [1.29, 1.82) is 0 Å². The summed E-state index contributed by atoms with van der Waals surface area (Å²) in [6.45, 7) is 2.92. The SMILES string of the molecule is COCCNC(=O)CC1CSc2nc3c(cnn3-c3cccc(C)c3)c(=O)n21. The van der Waals surface area contributed by atoms with Gasteiger partial charge < -0.3 is 10.1 Å². The Labute approximate surface area is 165 Å². The molecule has 1 unspecified atom stereocenters. The molecule has 1 aliphatic rings. The van der Waals surface area contributed by atoms with Crippen LogP contribution in [-0.4, -0.2) is 51.3 Å². The van der Waals surface area contributed by atoms with E-state index in [1.807, 2.05) is 31.2 Å². The number of nitrogens with one attached hydrogen (secondary N) is 1. The van der Waals surface area contributed by atoms with E-state index >= 15 is 0 Å². The van der Waals surface area contributed by atoms with Crippen molar-refractivity contribution in [3.8, 4) is 5.69 Å². The highest BCUT2D eigenvalue weighted by atomic mass is 32.2. The Morgan fingerprint density at radius 2 is 2.29 bits per heavy atom. The third-order valence-corrected chi connectivity index (χ3v) is 5.76. The smallest absolute Gasteiger partial charge is 0.265 e. The fraction of sp³-hybridized carbons (Fsp3) is 0.368. The van der Waals surface area contributed by atoms with Crippen LogP contribution >= 0.6 is 11.8 Å². The number of amides is 1. The lowest BCUT2D eigenvalue weighted by molar-refractivity contribution is -0.121. The van der Waals surface area contributed by atoms with E-state index in [9.17, 15) is 9.59 Å². The van der Waals surface area contributed by atoms with Crippen LogP contribution in [0.3, 0.4) is 0 Å². The molecule has 1 aromatic carbocycles. The zero-order valence-electron chi connectivity index (χ0n) is 15.7. The number of nitrogens with zero attached hydrogens (tertiary/aromatic N) is 4. The van der Waals surface area contributed by atoms with Gasteiger partial charge in [-0.15, -0.1) is 0 Å². The van der Waals surface area contributed by atoms with Crippen LogP contribution in [0.5, 0.6) is 0 Å². The normalized spacial score (nSPS) is 15.7. The van der Waals surface area contributed by atoms with E-state index in [1.165, 1.54) is 11.8 Å². The molecule has 1 atom stereocenters. The number of hydrogen-bond donors (Lipinski definition) is 1. The van der Waals surface area contributed by atoms with Gasteiger partial charge in [0, 0.05) is 25.8 Å². The van der Waals surface area contributed by atoms with E-state index < -0.39 is 0 Å². The number of thioether (sulfide) groups is 1. The van der Waals surface area contributed by atoms with Crippen LogP contribution in [0, 0.1) is 6.92 Å². The molecule has 0 bridgehead atoms. The number of ether oxygens (including phenoxy) is 1. The van der Waals surface area contributed by atoms with Gasteiger partial charge in [-0.3, -0.25) is 14.2 Å². The van der Waals surface area contributed by atoms with E-state index in [0.29, 0.717) is 35.1 Å². The predicted molar refractivity (Wildman–Crippen MR) is 107 cm³/mol. The van der Waals surface area contributed by atoms with Gasteiger partial charge in [0.15, 0.2) is 10.8 Å². The Hall–Kier alpha value is -2.65. The zero-order chi connectivity index (χ0) is 19.7. The number of carbonyl (C=O) groups excluding carboxylic acids is 1. The summed E-state index contributed by atoms with van der Waals surface area (Å²) in [6.07, 6.45) is 1.79. The summed E-state index contributed by atoms with van der Waals surface area (Å²) in [5.41, 5.74) is 2.36. The average molecular weight is 399 g/mol. The molecule has 0 radical (unpaired) electrons. The second kappa shape index (κ2) is 7.76. The highest BCUT2D eigenvalue weighted by Gasteiger charge is 2.29. The number of methoxy groups -OCH3 is 1. The lowest BCUT2D eigenvalue weighted by Crippen LogP contribution is -2.32. The molecule has 146 valence electrons. The monoisotopic (exact) mass is 399 g/mol. The number of benzene rings is 1. The molecule has 1 amide bonds. The van der Waals surface area contributed by atoms with Crippen molar-refractivity contribution in [3.05, 3.63) is 46.4 Å². The van der Waals surface area contributed by atoms with E-state index in [1.54, 1.807) is 22.6 Å². The second-order valence-electron chi connectivity index (χ2n) is 6.71. The predicted octanol–water partition coefficient (Wildman–Crippen LogP) is 1.69. The largest absolute Gasteiger partial charge is 0.383 e. The molecule has 3 aromatic rings. The van der Waals surface area contributed by atoms with Gasteiger partial charge >= 0.3 is 0 Å². The summed E-state index contributed by atoms with van der Waals surface area (Å²) in [6, 6.07) is 7.68. The van der Waals surface area contributed by atoms with Gasteiger partial charge in [-0.05, 0) is 24.6 Å². The fourth-order valence-corrected chi connectivity index (χ4v) is 4.44. The topological polar surface area (TPSA) is 91.0 Å². The average Bonchev–Trinajstić information content (AvgIpc) is 3.27. The lowest BCUT2D eigenvalue weighted by Gasteiger charge is -2.13. The van der Waals surface area contributed by atoms with Crippen LogP contribution in [0.25, 0.3) is 16.7 Å². The van der Waals surface area contributed by atoms with Gasteiger partial charge in [0.2, 0.25) is 5.91 Å². The van der Waals surface area contributed by atoms with E-state index in [-0.39, 0.29) is 23.9 Å². The van der Waals surface area contributed by atoms with Gasteiger partial charge in [-0.25, -0.2) is 9.67 Å². The van der Waals surface area contributed by atoms with Gasteiger partial charge in [-0.1, -0.05) is 23.9 Å². The van der Waals surface area contributed by atoms with Crippen molar-refractivity contribution in [3.63, 3.8) is 0 Å². The van der Waals surface area contributed by atoms with Crippen molar-refractivity contribution in [1.82, 2.24) is 24.6 Å². The number of carbonyl (C=O) groups is 1. The molecule has 1 N–H and O–H groups in total. The van der Waals surface area contributed by atoms with Crippen LogP contribution < -0.4 is 10.9 Å². The van der Waals surface area contributed by atoms with Gasteiger partial charge in [0.1, 0.15) is 5.39 Å². The molecule has 4 rings (SSSR count). The molecule has 8 nitrogen and oxygen atoms in total. The number of aryl methyl sites for hydroxylation is 1. The van der Waals surface area contributed by atoms with E-state index in [2.05, 4.69) is 10.4 Å². The Balaban J connectivity index is 1.66. The highest BCUT2D eigenvalue weighted by molar-refractivity contribution is 7.99. The number of rotatable bonds is 6. The quantitative estimate of drug-likeness (QED) is 0.501. The first-order valence-corrected chi connectivity index (χ1v) is 10.0. The fourth-order valence-electron chi connectivity index (χ4n) is 3.31. The standard InChI is InChI=1S/C19H21N5O3S/c1-12-4-3-5-13(8-12)24-17-15(10-21-24)18(26)23-14(11-28-19(23)22-17)9-16(25)20-6-7-27-2/h3-5,8,10,14H,6-7,9,11H2,1-2H3,(H,20,25). The number of aromatic nitrogens is 4. The molecular weight excluding hydrogens is 378 g/mol. The van der Waals surface area contributed by atoms with Crippen molar-refractivity contribution >= 4 is 28.7 Å². The Morgan fingerprint density at radius 3 is 3.07 bits per heavy atom. The third kappa shape index (κ3) is 3.43. The Morgan fingerprint density at radius 1 is 1.43 bits per heavy atom. The molecule has 0 saturated carbocycles. The highest BCUT2D eigenvalue weighted by Crippen LogP contribution is 2.33. The first-order chi connectivity index (χ1) is 13.6. The second-order valence-corrected chi connectivity index (χ2v) is 7.70. The minimum atomic E-state index is -0.214. The van der Waals surface area contributed by atoms with Crippen molar-refractivity contribution in [2.24, 2.45) is 0 Å². The summed E-state index contributed by atoms with van der Waals surface area (Å²) in [7, 11) is 1.59. The van der Waals surface area contributed by atoms with Crippen LogP contribution in [0.1, 0.15) is 18.0 Å². The molecule has 2 aromatic heterocycles. The van der Waals surface area contributed by atoms with Crippen molar-refractivity contribution in [2.75, 3.05) is 26.0 Å². The lowest BCUT2D eigenvalue weighted by atomic mass is 10.2. The molecule has 0 saturated heterocycles. The van der Waals surface area contributed by atoms with E-state index in [0.717, 1.165) is 11.3 Å². The summed E-state index contributed by atoms with van der Waals surface area (Å²) >= 11 is 1.49. The summed E-state index contributed by atoms with van der Waals surface area (Å²) < 4.78 is 8.26. The van der Waals surface area contributed by atoms with Crippen LogP contribution in [0.4, 0.5) is 0 Å². The first kappa shape index (κ1) is 18.7. The van der Waals surface area contributed by atoms with Gasteiger partial charge in [0.05, 0.1) is 24.5 Å². The first-order valence-electron chi connectivity index (χ1n) is 9.04. The molecular formula is C19H21N5O3S. The molecule has 3 heterocycles. The molecule has 0 spiro atoms. The van der Waals surface area contributed by atoms with Gasteiger partial charge in [0.25, 0.3) is 5.56 Å². The maximum atomic E-state index is 13.1. The summed E-state index contributed by atoms with van der Waals surface area (Å²) in [5.74, 6) is 0.544. The zero-order valence-corrected chi connectivity index (χ0v) is 16.5. The van der Waals surface area contributed by atoms with Crippen LogP contribution in [0.15, 0.2) is 40.4 Å². The molecule has 28 heavy (non-hydrogen) atoms. The minimum absolute atomic E-state index is 0.0991. The summed E-state index contributed by atoms with van der Waals surface area (Å²) in [4.78, 5) is 29.9. The number of fused-ring (bicyclic) bond motifs is 2. The van der Waals surface area contributed by atoms with Crippen molar-refractivity contribution in [2.45, 2.75) is 24.5 Å². The van der Waals surface area contributed by atoms with Gasteiger partial charge in [-0.2, -0.15) is 5.10 Å². The molecule has 0 fully saturated rings. The van der Waals surface area contributed by atoms with Crippen LogP contribution in [0.2, 0.25) is 0 Å². The number of hydrogen-bond acceptors (Lipinski definition) is 6. The maximum Gasteiger partial charge on any atom is 0.265 e. The maximum absolute atomic E-state index is 13.1. The van der Waals surface area contributed by atoms with E-state index in [4.69, 9.17) is 9.72 Å². The third-order valence-electron chi connectivity index (χ3n) is 4.67. The summed E-state index contributed by atoms with van der Waals surface area (Å²) in [5, 5.41) is 8.27. The molecule has 0 aliphatic carbocycles. The van der Waals surface area contributed by atoms with Crippen LogP contribution in [-0.2, 0) is 9.53 Å². The molecule has 9 heteroatoms. The Kier molecular flexibility index (Phi) is 5.19. The molecule has 1 aliphatic heterocycles.